The van der Waals surface area contributed by atoms with Gasteiger partial charge in [0, 0.05) is 13.1 Å². The number of anilines is 1. The van der Waals surface area contributed by atoms with E-state index in [-0.39, 0.29) is 0 Å². The van der Waals surface area contributed by atoms with Crippen LogP contribution in [0, 0.1) is 12.8 Å². The van der Waals surface area contributed by atoms with Crippen molar-refractivity contribution in [3.8, 4) is 0 Å². The molecule has 0 aromatic carbocycles. The van der Waals surface area contributed by atoms with Gasteiger partial charge in [0.05, 0.1) is 5.69 Å². The van der Waals surface area contributed by atoms with E-state index in [1.54, 1.807) is 0 Å². The van der Waals surface area contributed by atoms with Gasteiger partial charge in [-0.25, -0.2) is 0 Å². The fourth-order valence-electron chi connectivity index (χ4n) is 2.11. The number of nitrogens with one attached hydrogen (secondary N) is 1. The van der Waals surface area contributed by atoms with E-state index in [1.165, 1.54) is 26.1 Å². The summed E-state index contributed by atoms with van der Waals surface area (Å²) in [6.45, 7) is 8.80. The third kappa shape index (κ3) is 2.92. The van der Waals surface area contributed by atoms with Crippen molar-refractivity contribution in [3.05, 3.63) is 17.8 Å². The highest BCUT2D eigenvalue weighted by atomic mass is 15.2. The van der Waals surface area contributed by atoms with Crippen molar-refractivity contribution in [2.24, 2.45) is 5.92 Å². The van der Waals surface area contributed by atoms with E-state index >= 15 is 0 Å². The van der Waals surface area contributed by atoms with Gasteiger partial charge in [0.15, 0.2) is 0 Å². The first-order chi connectivity index (χ1) is 7.78. The van der Waals surface area contributed by atoms with Crippen LogP contribution in [0.15, 0.2) is 12.1 Å². The van der Waals surface area contributed by atoms with Crippen molar-refractivity contribution in [1.29, 1.82) is 0 Å². The molecule has 1 aliphatic heterocycles. The zero-order valence-corrected chi connectivity index (χ0v) is 10.1. The molecule has 1 atom stereocenters. The highest BCUT2D eigenvalue weighted by Crippen LogP contribution is 2.16. The molecule has 0 radical (unpaired) electrons. The summed E-state index contributed by atoms with van der Waals surface area (Å²) < 4.78 is 0. The minimum atomic E-state index is 0.753. The van der Waals surface area contributed by atoms with Crippen molar-refractivity contribution >= 4 is 5.82 Å². The highest BCUT2D eigenvalue weighted by molar-refractivity contribution is 5.32. The first kappa shape index (κ1) is 11.3. The molecule has 16 heavy (non-hydrogen) atoms. The quantitative estimate of drug-likeness (QED) is 0.835. The standard InChI is InChI=1S/C12H20N4/c1-3-16-7-6-11(9-16)8-13-12-5-4-10(2)14-15-12/h4-5,11H,3,6-9H2,1-2H3,(H,13,15). The smallest absolute Gasteiger partial charge is 0.148 e. The molecule has 4 nitrogen and oxygen atoms in total. The summed E-state index contributed by atoms with van der Waals surface area (Å²) in [7, 11) is 0. The third-order valence-electron chi connectivity index (χ3n) is 3.19. The largest absolute Gasteiger partial charge is 0.368 e. The van der Waals surface area contributed by atoms with Crippen molar-refractivity contribution in [2.75, 3.05) is 31.5 Å². The van der Waals surface area contributed by atoms with Crippen LogP contribution < -0.4 is 5.32 Å². The number of hydrogen-bond donors (Lipinski definition) is 1. The number of aryl methyl sites for hydroxylation is 1. The van der Waals surface area contributed by atoms with Gasteiger partial charge >= 0.3 is 0 Å². The van der Waals surface area contributed by atoms with Gasteiger partial charge in [-0.1, -0.05) is 6.92 Å². The Morgan fingerprint density at radius 2 is 2.31 bits per heavy atom. The number of rotatable bonds is 4. The van der Waals surface area contributed by atoms with E-state index in [9.17, 15) is 0 Å². The maximum absolute atomic E-state index is 4.10. The molecular weight excluding hydrogens is 200 g/mol. The van der Waals surface area contributed by atoms with Crippen LogP contribution in [-0.4, -0.2) is 41.3 Å². The second-order valence-corrected chi connectivity index (χ2v) is 4.49. The zero-order chi connectivity index (χ0) is 11.4. The van der Waals surface area contributed by atoms with E-state index in [2.05, 4.69) is 27.3 Å². The number of likely N-dealkylation sites (tertiary alicyclic amines) is 1. The summed E-state index contributed by atoms with van der Waals surface area (Å²) in [6.07, 6.45) is 1.29. The summed E-state index contributed by atoms with van der Waals surface area (Å²) in [5.41, 5.74) is 0.962. The molecular formula is C12H20N4. The normalized spacial score (nSPS) is 21.2. The van der Waals surface area contributed by atoms with Gasteiger partial charge in [-0.3, -0.25) is 0 Å². The molecule has 2 rings (SSSR count). The van der Waals surface area contributed by atoms with Crippen molar-refractivity contribution in [2.45, 2.75) is 20.3 Å². The second-order valence-electron chi connectivity index (χ2n) is 4.49. The van der Waals surface area contributed by atoms with Gasteiger partial charge < -0.3 is 10.2 Å². The summed E-state index contributed by atoms with van der Waals surface area (Å²) in [6, 6.07) is 3.98. The molecule has 4 heteroatoms. The van der Waals surface area contributed by atoms with Crippen molar-refractivity contribution < 1.29 is 0 Å². The van der Waals surface area contributed by atoms with Crippen LogP contribution >= 0.6 is 0 Å². The zero-order valence-electron chi connectivity index (χ0n) is 10.1. The van der Waals surface area contributed by atoms with Crippen LogP contribution in [0.5, 0.6) is 0 Å². The summed E-state index contributed by atoms with van der Waals surface area (Å²) in [4.78, 5) is 2.49. The predicted octanol–water partition coefficient (Wildman–Crippen LogP) is 1.54. The molecule has 1 fully saturated rings. The number of hydrogen-bond acceptors (Lipinski definition) is 4. The molecule has 1 N–H and O–H groups in total. The lowest BCUT2D eigenvalue weighted by Gasteiger charge is -2.13. The van der Waals surface area contributed by atoms with Gasteiger partial charge in [0.1, 0.15) is 5.82 Å². The lowest BCUT2D eigenvalue weighted by Crippen LogP contribution is -2.22. The van der Waals surface area contributed by atoms with Crippen molar-refractivity contribution in [1.82, 2.24) is 15.1 Å². The predicted molar refractivity (Wildman–Crippen MR) is 65.5 cm³/mol. The number of aromatic nitrogens is 2. The molecule has 1 unspecified atom stereocenters. The van der Waals surface area contributed by atoms with E-state index in [4.69, 9.17) is 0 Å². The van der Waals surface area contributed by atoms with Gasteiger partial charge in [-0.05, 0) is 44.5 Å². The van der Waals surface area contributed by atoms with Gasteiger partial charge in [0.25, 0.3) is 0 Å². The van der Waals surface area contributed by atoms with Gasteiger partial charge in [-0.2, -0.15) is 5.10 Å². The maximum atomic E-state index is 4.10. The third-order valence-corrected chi connectivity index (χ3v) is 3.19. The molecule has 1 aromatic heterocycles. The van der Waals surface area contributed by atoms with Crippen LogP contribution in [0.3, 0.4) is 0 Å². The van der Waals surface area contributed by atoms with Crippen LogP contribution in [0.4, 0.5) is 5.82 Å². The molecule has 0 aliphatic carbocycles. The SMILES string of the molecule is CCN1CCC(CNc2ccc(C)nn2)C1. The Hall–Kier alpha value is -1.16. The molecule has 0 amide bonds. The lowest BCUT2D eigenvalue weighted by molar-refractivity contribution is 0.345. The topological polar surface area (TPSA) is 41.0 Å². The van der Waals surface area contributed by atoms with Gasteiger partial charge in [-0.15, -0.1) is 5.10 Å². The average molecular weight is 220 g/mol. The Balaban J connectivity index is 1.77. The van der Waals surface area contributed by atoms with E-state index in [0.717, 1.165) is 24.0 Å². The monoisotopic (exact) mass is 220 g/mol. The minimum absolute atomic E-state index is 0.753. The Kier molecular flexibility index (Phi) is 3.72. The lowest BCUT2D eigenvalue weighted by atomic mass is 10.1. The molecule has 2 heterocycles. The average Bonchev–Trinajstić information content (AvgIpc) is 2.76. The molecule has 1 aromatic rings. The molecule has 88 valence electrons. The fraction of sp³-hybridized carbons (Fsp3) is 0.667. The minimum Gasteiger partial charge on any atom is -0.368 e. The Morgan fingerprint density at radius 1 is 1.44 bits per heavy atom. The Bertz CT molecular complexity index is 322. The first-order valence-corrected chi connectivity index (χ1v) is 6.04. The molecule has 0 bridgehead atoms. The fourth-order valence-corrected chi connectivity index (χ4v) is 2.11. The van der Waals surface area contributed by atoms with Crippen LogP contribution in [-0.2, 0) is 0 Å². The van der Waals surface area contributed by atoms with E-state index in [0.29, 0.717) is 0 Å². The van der Waals surface area contributed by atoms with Crippen LogP contribution in [0.1, 0.15) is 19.0 Å². The van der Waals surface area contributed by atoms with Crippen molar-refractivity contribution in [3.63, 3.8) is 0 Å². The summed E-state index contributed by atoms with van der Waals surface area (Å²) >= 11 is 0. The molecule has 1 saturated heterocycles. The van der Waals surface area contributed by atoms with Crippen LogP contribution in [0.25, 0.3) is 0 Å². The second kappa shape index (κ2) is 5.25. The Morgan fingerprint density at radius 3 is 2.94 bits per heavy atom. The van der Waals surface area contributed by atoms with E-state index < -0.39 is 0 Å². The maximum Gasteiger partial charge on any atom is 0.148 e. The summed E-state index contributed by atoms with van der Waals surface area (Å²) in [5, 5.41) is 11.5. The molecule has 0 saturated carbocycles. The van der Waals surface area contributed by atoms with Crippen LogP contribution in [0.2, 0.25) is 0 Å². The summed E-state index contributed by atoms with van der Waals surface area (Å²) in [5.74, 6) is 1.64. The molecule has 1 aliphatic rings. The Labute approximate surface area is 97.1 Å². The number of nitrogens with zero attached hydrogens (tertiary/aromatic N) is 3. The highest BCUT2D eigenvalue weighted by Gasteiger charge is 2.20. The first-order valence-electron chi connectivity index (χ1n) is 6.04. The van der Waals surface area contributed by atoms with E-state index in [1.807, 2.05) is 19.1 Å². The molecule has 0 spiro atoms. The van der Waals surface area contributed by atoms with Gasteiger partial charge in [0.2, 0.25) is 0 Å².